The Bertz CT molecular complexity index is 629. The lowest BCUT2D eigenvalue weighted by atomic mass is 9.92. The summed E-state index contributed by atoms with van der Waals surface area (Å²) in [5, 5.41) is 0. The Hall–Kier alpha value is -1.20. The molecule has 0 saturated carbocycles. The normalized spacial score (nSPS) is 17.9. The highest BCUT2D eigenvalue weighted by molar-refractivity contribution is 7.89. The van der Waals surface area contributed by atoms with Crippen molar-refractivity contribution in [3.63, 3.8) is 0 Å². The van der Waals surface area contributed by atoms with Crippen LogP contribution in [0.15, 0.2) is 23.1 Å². The van der Waals surface area contributed by atoms with Gasteiger partial charge in [-0.05, 0) is 49.9 Å². The van der Waals surface area contributed by atoms with Gasteiger partial charge in [-0.3, -0.25) is 4.79 Å². The second-order valence-electron chi connectivity index (χ2n) is 5.74. The van der Waals surface area contributed by atoms with Crippen molar-refractivity contribution < 1.29 is 13.2 Å². The molecule has 1 saturated heterocycles. The van der Waals surface area contributed by atoms with Gasteiger partial charge in [0, 0.05) is 25.4 Å². The summed E-state index contributed by atoms with van der Waals surface area (Å²) in [6.07, 6.45) is 1.81. The topological polar surface area (TPSA) is 54.5 Å². The number of hydrogen-bond donors (Lipinski definition) is 0. The summed E-state index contributed by atoms with van der Waals surface area (Å²) in [5.41, 5.74) is 2.06. The Morgan fingerprint density at radius 1 is 1.19 bits per heavy atom. The zero-order valence-corrected chi connectivity index (χ0v) is 13.7. The van der Waals surface area contributed by atoms with Crippen molar-refractivity contribution in [1.82, 2.24) is 4.31 Å². The third-order valence-electron chi connectivity index (χ3n) is 4.37. The molecule has 2 rings (SSSR count). The molecule has 5 heteroatoms. The van der Waals surface area contributed by atoms with E-state index in [0.717, 1.165) is 11.1 Å². The van der Waals surface area contributed by atoms with Gasteiger partial charge >= 0.3 is 0 Å². The molecule has 1 aromatic rings. The van der Waals surface area contributed by atoms with E-state index in [1.165, 1.54) is 4.31 Å². The van der Waals surface area contributed by atoms with Crippen molar-refractivity contribution >= 4 is 15.8 Å². The number of piperidine rings is 1. The van der Waals surface area contributed by atoms with E-state index in [1.54, 1.807) is 12.1 Å². The van der Waals surface area contributed by atoms with E-state index in [9.17, 15) is 13.2 Å². The van der Waals surface area contributed by atoms with Gasteiger partial charge in [0.1, 0.15) is 5.78 Å². The number of rotatable bonds is 4. The molecule has 0 bridgehead atoms. The van der Waals surface area contributed by atoms with E-state index in [0.29, 0.717) is 37.2 Å². The van der Waals surface area contributed by atoms with Crippen LogP contribution >= 0.6 is 0 Å². The molecule has 1 aromatic carbocycles. The number of sulfonamides is 1. The van der Waals surface area contributed by atoms with E-state index >= 15 is 0 Å². The van der Waals surface area contributed by atoms with Crippen LogP contribution in [0.5, 0.6) is 0 Å². The van der Waals surface area contributed by atoms with Crippen molar-refractivity contribution in [2.75, 3.05) is 13.1 Å². The van der Waals surface area contributed by atoms with E-state index in [4.69, 9.17) is 0 Å². The number of carbonyl (C=O) groups excluding carboxylic acids is 1. The van der Waals surface area contributed by atoms with Gasteiger partial charge in [-0.2, -0.15) is 4.31 Å². The molecule has 116 valence electrons. The minimum absolute atomic E-state index is 0.0289. The van der Waals surface area contributed by atoms with Gasteiger partial charge in [-0.15, -0.1) is 0 Å². The number of ketones is 1. The lowest BCUT2D eigenvalue weighted by Crippen LogP contribution is -2.40. The van der Waals surface area contributed by atoms with Gasteiger partial charge < -0.3 is 0 Å². The highest BCUT2D eigenvalue weighted by atomic mass is 32.2. The smallest absolute Gasteiger partial charge is 0.243 e. The van der Waals surface area contributed by atoms with Gasteiger partial charge in [0.2, 0.25) is 10.0 Å². The Kier molecular flexibility index (Phi) is 4.84. The van der Waals surface area contributed by atoms with Crippen molar-refractivity contribution in [2.45, 2.75) is 44.9 Å². The third-order valence-corrected chi connectivity index (χ3v) is 6.27. The molecule has 4 nitrogen and oxygen atoms in total. The SMILES string of the molecule is CCC(=O)C1CCN(S(=O)(=O)c2ccc(C)c(C)c2)CC1. The van der Waals surface area contributed by atoms with Crippen LogP contribution < -0.4 is 0 Å². The molecule has 1 fully saturated rings. The lowest BCUT2D eigenvalue weighted by Gasteiger charge is -2.30. The van der Waals surface area contributed by atoms with E-state index in [-0.39, 0.29) is 11.7 Å². The molecule has 21 heavy (non-hydrogen) atoms. The van der Waals surface area contributed by atoms with Crippen LogP contribution in [0.3, 0.4) is 0 Å². The maximum atomic E-state index is 12.6. The van der Waals surface area contributed by atoms with Crippen molar-refractivity contribution in [1.29, 1.82) is 0 Å². The van der Waals surface area contributed by atoms with Crippen molar-refractivity contribution in [3.05, 3.63) is 29.3 Å². The monoisotopic (exact) mass is 309 g/mol. The van der Waals surface area contributed by atoms with E-state index in [1.807, 2.05) is 26.8 Å². The minimum atomic E-state index is -3.44. The molecule has 0 unspecified atom stereocenters. The maximum Gasteiger partial charge on any atom is 0.243 e. The van der Waals surface area contributed by atoms with Gasteiger partial charge in [0.05, 0.1) is 4.90 Å². The molecular weight excluding hydrogens is 286 g/mol. The molecular formula is C16H23NO3S. The number of carbonyl (C=O) groups is 1. The first-order valence-corrected chi connectivity index (χ1v) is 8.90. The number of hydrogen-bond acceptors (Lipinski definition) is 3. The summed E-state index contributed by atoms with van der Waals surface area (Å²) >= 11 is 0. The van der Waals surface area contributed by atoms with E-state index < -0.39 is 10.0 Å². The summed E-state index contributed by atoms with van der Waals surface area (Å²) in [6, 6.07) is 5.24. The molecule has 0 N–H and O–H groups in total. The van der Waals surface area contributed by atoms with Crippen molar-refractivity contribution in [3.8, 4) is 0 Å². The minimum Gasteiger partial charge on any atom is -0.299 e. The number of benzene rings is 1. The quantitative estimate of drug-likeness (QED) is 0.859. The number of Topliss-reactive ketones (excluding diaryl/α,β-unsaturated/α-hetero) is 1. The molecule has 0 amide bonds. The maximum absolute atomic E-state index is 12.6. The first-order valence-electron chi connectivity index (χ1n) is 7.46. The summed E-state index contributed by atoms with van der Waals surface area (Å²) in [5.74, 6) is 0.277. The fourth-order valence-corrected chi connectivity index (χ4v) is 4.29. The fourth-order valence-electron chi connectivity index (χ4n) is 2.73. The Morgan fingerprint density at radius 3 is 2.33 bits per heavy atom. The molecule has 1 aliphatic rings. The first-order chi connectivity index (χ1) is 9.86. The van der Waals surface area contributed by atoms with Gasteiger partial charge in [0.15, 0.2) is 0 Å². The third kappa shape index (κ3) is 3.35. The Balaban J connectivity index is 2.14. The highest BCUT2D eigenvalue weighted by Gasteiger charge is 2.31. The first kappa shape index (κ1) is 16.2. The molecule has 0 aliphatic carbocycles. The zero-order valence-electron chi connectivity index (χ0n) is 12.9. The van der Waals surface area contributed by atoms with Gasteiger partial charge in [-0.1, -0.05) is 13.0 Å². The number of nitrogens with zero attached hydrogens (tertiary/aromatic N) is 1. The summed E-state index contributed by atoms with van der Waals surface area (Å²) in [7, 11) is -3.44. The second-order valence-corrected chi connectivity index (χ2v) is 7.68. The van der Waals surface area contributed by atoms with Crippen LogP contribution in [0.1, 0.15) is 37.3 Å². The summed E-state index contributed by atoms with van der Waals surface area (Å²) in [6.45, 7) is 6.62. The van der Waals surface area contributed by atoms with Crippen LogP contribution in [0, 0.1) is 19.8 Å². The highest BCUT2D eigenvalue weighted by Crippen LogP contribution is 2.25. The predicted molar refractivity (Wildman–Crippen MR) is 82.7 cm³/mol. The van der Waals surface area contributed by atoms with Gasteiger partial charge in [-0.25, -0.2) is 8.42 Å². The summed E-state index contributed by atoms with van der Waals surface area (Å²) < 4.78 is 26.8. The molecule has 0 atom stereocenters. The predicted octanol–water partition coefficient (Wildman–Crippen LogP) is 2.68. The molecule has 0 spiro atoms. The van der Waals surface area contributed by atoms with Crippen LogP contribution in [-0.4, -0.2) is 31.6 Å². The molecule has 1 aliphatic heterocycles. The molecule has 1 heterocycles. The Morgan fingerprint density at radius 2 is 1.81 bits per heavy atom. The van der Waals surface area contributed by atoms with Crippen LogP contribution in [0.25, 0.3) is 0 Å². The lowest BCUT2D eigenvalue weighted by molar-refractivity contribution is -0.123. The average molecular weight is 309 g/mol. The average Bonchev–Trinajstić information content (AvgIpc) is 2.49. The second kappa shape index (κ2) is 6.28. The molecule has 0 radical (unpaired) electrons. The van der Waals surface area contributed by atoms with Crippen molar-refractivity contribution in [2.24, 2.45) is 5.92 Å². The van der Waals surface area contributed by atoms with Gasteiger partial charge in [0.25, 0.3) is 0 Å². The largest absolute Gasteiger partial charge is 0.299 e. The number of aryl methyl sites for hydroxylation is 2. The zero-order chi connectivity index (χ0) is 15.6. The Labute approximate surface area is 127 Å². The molecule has 0 aromatic heterocycles. The van der Waals surface area contributed by atoms with Crippen LogP contribution in [0.4, 0.5) is 0 Å². The standard InChI is InChI=1S/C16H23NO3S/c1-4-16(18)14-7-9-17(10-8-14)21(19,20)15-6-5-12(2)13(3)11-15/h5-6,11,14H,4,7-10H2,1-3H3. The van der Waals surface area contributed by atoms with E-state index in [2.05, 4.69) is 0 Å². The van der Waals surface area contributed by atoms with Crippen LogP contribution in [-0.2, 0) is 14.8 Å². The fraction of sp³-hybridized carbons (Fsp3) is 0.562. The summed E-state index contributed by atoms with van der Waals surface area (Å²) in [4.78, 5) is 12.1. The van der Waals surface area contributed by atoms with Crippen LogP contribution in [0.2, 0.25) is 0 Å².